The minimum Gasteiger partial charge on any atom is -0.381 e. The van der Waals surface area contributed by atoms with Crippen LogP contribution in [0.1, 0.15) is 76.2 Å². The third-order valence-electron chi connectivity index (χ3n) is 3.09. The van der Waals surface area contributed by atoms with E-state index in [1.807, 2.05) is 18.7 Å². The number of rotatable bonds is 11. The molecule has 0 saturated carbocycles. The molecule has 0 aromatic rings. The van der Waals surface area contributed by atoms with Crippen molar-refractivity contribution in [1.29, 1.82) is 0 Å². The Morgan fingerprint density at radius 3 is 1.83 bits per heavy atom. The molecule has 2 amide bonds. The molecule has 0 aliphatic carbocycles. The Morgan fingerprint density at radius 2 is 1.38 bits per heavy atom. The number of carbonyl (C=O) groups excluding carboxylic acids is 2. The largest absolute Gasteiger partial charge is 0.381 e. The second-order valence-electron chi connectivity index (χ2n) is 4.91. The van der Waals surface area contributed by atoms with Crippen LogP contribution in [0, 0.1) is 0 Å². The number of likely N-dealkylation sites (N-methyl/N-ethyl adjacent to an activating group) is 1. The fraction of sp³-hybridized carbons (Fsp3) is 0.895. The zero-order valence-electron chi connectivity index (χ0n) is 13.5. The lowest BCUT2D eigenvalue weighted by Crippen LogP contribution is -2.39. The van der Waals surface area contributed by atoms with E-state index in [0.29, 0.717) is 39.1 Å². The highest BCUT2D eigenvalue weighted by Gasteiger charge is 2.13. The van der Waals surface area contributed by atoms with Crippen molar-refractivity contribution in [2.24, 2.45) is 0 Å². The van der Waals surface area contributed by atoms with Crippen molar-refractivity contribution < 1.29 is 14.3 Å². The van der Waals surface area contributed by atoms with Crippen LogP contribution in [0.2, 0.25) is 0 Å². The molecule has 24 heavy (non-hydrogen) atoms. The van der Waals surface area contributed by atoms with Gasteiger partial charge >= 0.3 is 0 Å². The van der Waals surface area contributed by atoms with Gasteiger partial charge in [-0.1, -0.05) is 50.5 Å². The van der Waals surface area contributed by atoms with Gasteiger partial charge in [-0.2, -0.15) is 0 Å². The minimum absolute atomic E-state index is 0. The van der Waals surface area contributed by atoms with Gasteiger partial charge in [-0.25, -0.2) is 0 Å². The van der Waals surface area contributed by atoms with Gasteiger partial charge in [0.2, 0.25) is 11.8 Å². The standard InChI is InChI=1S/C15H30N2O3.4CH4/c1-5-9-17(14(18)7-3)11-10-16(4)15(19)8-13-20-12-6-2;;;;/h5-13H2,1-4H3;4*1H4. The van der Waals surface area contributed by atoms with Crippen molar-refractivity contribution in [3.63, 3.8) is 0 Å². The van der Waals surface area contributed by atoms with E-state index >= 15 is 0 Å². The number of carbonyl (C=O) groups is 2. The van der Waals surface area contributed by atoms with E-state index in [0.717, 1.165) is 19.4 Å². The molecule has 0 radical (unpaired) electrons. The monoisotopic (exact) mass is 350 g/mol. The molecule has 0 fully saturated rings. The first kappa shape index (κ1) is 34.3. The predicted octanol–water partition coefficient (Wildman–Crippen LogP) is 4.45. The molecular weight excluding hydrogens is 304 g/mol. The zero-order valence-corrected chi connectivity index (χ0v) is 13.5. The van der Waals surface area contributed by atoms with Crippen LogP contribution in [0.5, 0.6) is 0 Å². The van der Waals surface area contributed by atoms with Crippen LogP contribution in [0.15, 0.2) is 0 Å². The highest BCUT2D eigenvalue weighted by Crippen LogP contribution is 1.99. The molecule has 0 saturated heterocycles. The van der Waals surface area contributed by atoms with Crippen molar-refractivity contribution in [2.75, 3.05) is 39.9 Å². The molecule has 0 aliphatic heterocycles. The van der Waals surface area contributed by atoms with Gasteiger partial charge < -0.3 is 14.5 Å². The van der Waals surface area contributed by atoms with Crippen LogP contribution in [0.25, 0.3) is 0 Å². The van der Waals surface area contributed by atoms with Crippen LogP contribution in [-0.4, -0.2) is 61.5 Å². The maximum atomic E-state index is 11.9. The summed E-state index contributed by atoms with van der Waals surface area (Å²) in [4.78, 5) is 27.1. The Kier molecular flexibility index (Phi) is 31.3. The average Bonchev–Trinajstić information content (AvgIpc) is 2.46. The molecule has 0 rings (SSSR count). The van der Waals surface area contributed by atoms with Gasteiger partial charge in [-0.15, -0.1) is 0 Å². The summed E-state index contributed by atoms with van der Waals surface area (Å²) in [7, 11) is 1.78. The van der Waals surface area contributed by atoms with Gasteiger partial charge in [-0.3, -0.25) is 9.59 Å². The number of nitrogens with zero attached hydrogens (tertiary/aromatic N) is 2. The van der Waals surface area contributed by atoms with E-state index in [-0.39, 0.29) is 41.5 Å². The molecular formula is C19H46N2O3. The van der Waals surface area contributed by atoms with Crippen molar-refractivity contribution >= 4 is 11.8 Å². The lowest BCUT2D eigenvalue weighted by atomic mass is 10.3. The van der Waals surface area contributed by atoms with Crippen molar-refractivity contribution in [3.05, 3.63) is 0 Å². The Hall–Kier alpha value is -1.10. The smallest absolute Gasteiger partial charge is 0.224 e. The normalized spacial score (nSPS) is 8.67. The lowest BCUT2D eigenvalue weighted by molar-refractivity contribution is -0.134. The van der Waals surface area contributed by atoms with Crippen molar-refractivity contribution in [2.45, 2.75) is 76.2 Å². The average molecular weight is 351 g/mol. The van der Waals surface area contributed by atoms with Gasteiger partial charge in [0, 0.05) is 39.7 Å². The summed E-state index contributed by atoms with van der Waals surface area (Å²) < 4.78 is 5.31. The van der Waals surface area contributed by atoms with Gasteiger partial charge in [0.15, 0.2) is 0 Å². The second kappa shape index (κ2) is 21.9. The van der Waals surface area contributed by atoms with E-state index < -0.39 is 0 Å². The Bertz CT molecular complexity index is 284. The second-order valence-corrected chi connectivity index (χ2v) is 4.91. The fourth-order valence-corrected chi connectivity index (χ4v) is 1.85. The number of hydrogen-bond donors (Lipinski definition) is 0. The maximum Gasteiger partial charge on any atom is 0.224 e. The molecule has 0 unspecified atom stereocenters. The summed E-state index contributed by atoms with van der Waals surface area (Å²) in [5, 5.41) is 0. The molecule has 0 heterocycles. The first-order valence-corrected chi connectivity index (χ1v) is 7.66. The number of hydrogen-bond acceptors (Lipinski definition) is 3. The topological polar surface area (TPSA) is 49.9 Å². The first-order valence-electron chi connectivity index (χ1n) is 7.66. The van der Waals surface area contributed by atoms with E-state index in [1.165, 1.54) is 0 Å². The lowest BCUT2D eigenvalue weighted by Gasteiger charge is -2.25. The number of amides is 2. The van der Waals surface area contributed by atoms with Gasteiger partial charge in [0.25, 0.3) is 0 Å². The predicted molar refractivity (Wildman–Crippen MR) is 107 cm³/mol. The molecule has 150 valence electrons. The molecule has 0 atom stereocenters. The summed E-state index contributed by atoms with van der Waals surface area (Å²) in [6.07, 6.45) is 2.83. The molecule has 0 aromatic carbocycles. The molecule has 0 N–H and O–H groups in total. The minimum atomic E-state index is 0. The maximum absolute atomic E-state index is 11.9. The first-order chi connectivity index (χ1) is 9.56. The fourth-order valence-electron chi connectivity index (χ4n) is 1.85. The van der Waals surface area contributed by atoms with Crippen LogP contribution in [0.4, 0.5) is 0 Å². The van der Waals surface area contributed by atoms with Crippen LogP contribution in [-0.2, 0) is 14.3 Å². The zero-order chi connectivity index (χ0) is 15.4. The Morgan fingerprint density at radius 1 is 0.792 bits per heavy atom. The highest BCUT2D eigenvalue weighted by atomic mass is 16.5. The van der Waals surface area contributed by atoms with Gasteiger partial charge in [0.1, 0.15) is 0 Å². The molecule has 0 aliphatic rings. The summed E-state index contributed by atoms with van der Waals surface area (Å²) in [5.74, 6) is 0.223. The summed E-state index contributed by atoms with van der Waals surface area (Å²) in [6.45, 7) is 9.09. The van der Waals surface area contributed by atoms with Crippen LogP contribution in [0.3, 0.4) is 0 Å². The third kappa shape index (κ3) is 15.8. The summed E-state index contributed by atoms with van der Waals surface area (Å²) in [5.41, 5.74) is 0. The molecule has 5 nitrogen and oxygen atoms in total. The van der Waals surface area contributed by atoms with E-state index in [9.17, 15) is 9.59 Å². The van der Waals surface area contributed by atoms with Crippen LogP contribution < -0.4 is 0 Å². The van der Waals surface area contributed by atoms with Gasteiger partial charge in [-0.05, 0) is 12.8 Å². The van der Waals surface area contributed by atoms with Crippen molar-refractivity contribution in [3.8, 4) is 0 Å². The quantitative estimate of drug-likeness (QED) is 0.517. The van der Waals surface area contributed by atoms with E-state index in [2.05, 4.69) is 6.92 Å². The van der Waals surface area contributed by atoms with Gasteiger partial charge in [0.05, 0.1) is 13.0 Å². The number of ether oxygens (including phenoxy) is 1. The molecule has 0 aromatic heterocycles. The molecule has 0 bridgehead atoms. The molecule has 5 heteroatoms. The van der Waals surface area contributed by atoms with Crippen LogP contribution >= 0.6 is 0 Å². The molecule has 0 spiro atoms. The summed E-state index contributed by atoms with van der Waals surface area (Å²) >= 11 is 0. The van der Waals surface area contributed by atoms with E-state index in [4.69, 9.17) is 4.74 Å². The van der Waals surface area contributed by atoms with E-state index in [1.54, 1.807) is 11.9 Å². The third-order valence-corrected chi connectivity index (χ3v) is 3.09. The Balaban J connectivity index is -0.000000301. The van der Waals surface area contributed by atoms with Crippen molar-refractivity contribution in [1.82, 2.24) is 9.80 Å². The Labute approximate surface area is 152 Å². The highest BCUT2D eigenvalue weighted by molar-refractivity contribution is 5.77. The SMILES string of the molecule is C.C.C.C.CCCOCCC(=O)N(C)CCN(CCC)C(=O)CC. The summed E-state index contributed by atoms with van der Waals surface area (Å²) in [6, 6.07) is 0.